The van der Waals surface area contributed by atoms with Gasteiger partial charge in [-0.1, -0.05) is 23.5 Å². The molecule has 0 aliphatic rings. The van der Waals surface area contributed by atoms with Crippen molar-refractivity contribution in [2.75, 3.05) is 6.54 Å². The van der Waals surface area contributed by atoms with Crippen LogP contribution in [0, 0.1) is 3.57 Å². The summed E-state index contributed by atoms with van der Waals surface area (Å²) in [5.41, 5.74) is 6.61. The van der Waals surface area contributed by atoms with Gasteiger partial charge >= 0.3 is 0 Å². The topological polar surface area (TPSA) is 51.8 Å². The molecule has 1 heterocycles. The zero-order valence-electron chi connectivity index (χ0n) is 8.69. The Morgan fingerprint density at radius 3 is 2.94 bits per heavy atom. The molecule has 1 aromatic carbocycles. The highest BCUT2D eigenvalue weighted by Gasteiger charge is 2.06. The summed E-state index contributed by atoms with van der Waals surface area (Å²) in [5, 5.41) is 10.4. The number of nitrogens with zero attached hydrogens (tertiary/aromatic N) is 2. The molecule has 0 fully saturated rings. The molecule has 3 nitrogen and oxygen atoms in total. The van der Waals surface area contributed by atoms with Gasteiger partial charge in [-0.3, -0.25) is 0 Å². The molecule has 0 unspecified atom stereocenters. The Bertz CT molecular complexity index is 470. The van der Waals surface area contributed by atoms with Crippen LogP contribution in [0.25, 0.3) is 10.6 Å². The Hall–Kier alpha value is -0.530. The zero-order valence-corrected chi connectivity index (χ0v) is 11.7. The fourth-order valence-corrected chi connectivity index (χ4v) is 2.77. The number of aromatic nitrogens is 2. The lowest BCUT2D eigenvalue weighted by molar-refractivity contribution is 0.812. The molecule has 0 radical (unpaired) electrons. The van der Waals surface area contributed by atoms with Crippen molar-refractivity contribution in [3.8, 4) is 10.6 Å². The van der Waals surface area contributed by atoms with Gasteiger partial charge in [0.15, 0.2) is 0 Å². The van der Waals surface area contributed by atoms with Crippen LogP contribution in [-0.2, 0) is 6.42 Å². The van der Waals surface area contributed by atoms with Crippen molar-refractivity contribution in [3.05, 3.63) is 32.8 Å². The second-order valence-corrected chi connectivity index (χ2v) is 5.71. The molecule has 2 aromatic rings. The maximum atomic E-state index is 5.47. The number of hydrogen-bond acceptors (Lipinski definition) is 4. The van der Waals surface area contributed by atoms with E-state index in [1.165, 1.54) is 3.57 Å². The highest BCUT2D eigenvalue weighted by atomic mass is 127. The molecule has 16 heavy (non-hydrogen) atoms. The minimum atomic E-state index is 0.706. The van der Waals surface area contributed by atoms with Gasteiger partial charge in [-0.25, -0.2) is 0 Å². The van der Waals surface area contributed by atoms with Gasteiger partial charge in [0, 0.05) is 15.6 Å². The zero-order chi connectivity index (χ0) is 11.4. The van der Waals surface area contributed by atoms with Gasteiger partial charge in [-0.15, -0.1) is 10.2 Å². The van der Waals surface area contributed by atoms with Gasteiger partial charge in [0.2, 0.25) is 0 Å². The molecule has 0 amide bonds. The van der Waals surface area contributed by atoms with Crippen LogP contribution in [0.2, 0.25) is 0 Å². The average Bonchev–Trinajstić information content (AvgIpc) is 2.75. The lowest BCUT2D eigenvalue weighted by atomic mass is 10.2. The number of halogens is 1. The van der Waals surface area contributed by atoms with Crippen molar-refractivity contribution >= 4 is 33.9 Å². The van der Waals surface area contributed by atoms with E-state index in [0.717, 1.165) is 28.4 Å². The van der Waals surface area contributed by atoms with E-state index in [1.54, 1.807) is 11.3 Å². The normalized spacial score (nSPS) is 10.6. The third-order valence-corrected chi connectivity index (χ3v) is 3.84. The van der Waals surface area contributed by atoms with Crippen molar-refractivity contribution in [2.45, 2.75) is 12.8 Å². The van der Waals surface area contributed by atoms with Crippen LogP contribution < -0.4 is 5.73 Å². The second kappa shape index (κ2) is 5.70. The molecule has 5 heteroatoms. The molecule has 0 aliphatic carbocycles. The monoisotopic (exact) mass is 345 g/mol. The van der Waals surface area contributed by atoms with E-state index >= 15 is 0 Å². The standard InChI is InChI=1S/C11H12IN3S/c12-9-4-1-3-8(7-9)11-15-14-10(16-11)5-2-6-13/h1,3-4,7H,2,5-6,13H2. The molecule has 2 rings (SSSR count). The van der Waals surface area contributed by atoms with Crippen LogP contribution in [0.4, 0.5) is 0 Å². The fourth-order valence-electron chi connectivity index (χ4n) is 1.35. The van der Waals surface area contributed by atoms with Gasteiger partial charge in [0.05, 0.1) is 0 Å². The molecule has 1 aromatic heterocycles. The molecule has 0 aliphatic heterocycles. The Balaban J connectivity index is 2.18. The number of benzene rings is 1. The van der Waals surface area contributed by atoms with Crippen molar-refractivity contribution in [3.63, 3.8) is 0 Å². The van der Waals surface area contributed by atoms with Crippen molar-refractivity contribution in [2.24, 2.45) is 5.73 Å². The van der Waals surface area contributed by atoms with E-state index in [0.29, 0.717) is 6.54 Å². The summed E-state index contributed by atoms with van der Waals surface area (Å²) in [6.07, 6.45) is 1.90. The lowest BCUT2D eigenvalue weighted by Crippen LogP contribution is -1.99. The molecular weight excluding hydrogens is 333 g/mol. The third-order valence-electron chi connectivity index (χ3n) is 2.13. The summed E-state index contributed by atoms with van der Waals surface area (Å²) in [5.74, 6) is 0. The minimum absolute atomic E-state index is 0.706. The van der Waals surface area contributed by atoms with E-state index in [2.05, 4.69) is 51.0 Å². The predicted molar refractivity (Wildman–Crippen MR) is 75.4 cm³/mol. The van der Waals surface area contributed by atoms with Crippen LogP contribution >= 0.6 is 33.9 Å². The molecular formula is C11H12IN3S. The molecule has 0 spiro atoms. The van der Waals surface area contributed by atoms with Crippen molar-refractivity contribution < 1.29 is 0 Å². The number of nitrogens with two attached hydrogens (primary N) is 1. The molecule has 0 bridgehead atoms. The Labute approximate surface area is 112 Å². The quantitative estimate of drug-likeness (QED) is 0.867. The van der Waals surface area contributed by atoms with Crippen molar-refractivity contribution in [1.82, 2.24) is 10.2 Å². The number of hydrogen-bond donors (Lipinski definition) is 1. The summed E-state index contributed by atoms with van der Waals surface area (Å²) in [6, 6.07) is 8.29. The highest BCUT2D eigenvalue weighted by molar-refractivity contribution is 14.1. The Kier molecular flexibility index (Phi) is 4.25. The maximum Gasteiger partial charge on any atom is 0.147 e. The van der Waals surface area contributed by atoms with Crippen LogP contribution in [-0.4, -0.2) is 16.7 Å². The third kappa shape index (κ3) is 2.99. The molecule has 0 atom stereocenters. The smallest absolute Gasteiger partial charge is 0.147 e. The van der Waals surface area contributed by atoms with E-state index in [1.807, 2.05) is 6.07 Å². The Morgan fingerprint density at radius 2 is 2.19 bits per heavy atom. The SMILES string of the molecule is NCCCc1nnc(-c2cccc(I)c2)s1. The van der Waals surface area contributed by atoms with Gasteiger partial charge in [-0.05, 0) is 47.7 Å². The first kappa shape index (κ1) is 11.9. The first-order valence-electron chi connectivity index (χ1n) is 5.08. The predicted octanol–water partition coefficient (Wildman–Crippen LogP) is 2.70. The first-order valence-corrected chi connectivity index (χ1v) is 6.97. The van der Waals surface area contributed by atoms with E-state index < -0.39 is 0 Å². The van der Waals surface area contributed by atoms with Crippen LogP contribution in [0.3, 0.4) is 0 Å². The summed E-state index contributed by atoms with van der Waals surface area (Å²) in [7, 11) is 0. The minimum Gasteiger partial charge on any atom is -0.330 e. The fraction of sp³-hybridized carbons (Fsp3) is 0.273. The van der Waals surface area contributed by atoms with Crippen LogP contribution in [0.5, 0.6) is 0 Å². The van der Waals surface area contributed by atoms with Gasteiger partial charge in [-0.2, -0.15) is 0 Å². The van der Waals surface area contributed by atoms with Gasteiger partial charge in [0.1, 0.15) is 10.0 Å². The Morgan fingerprint density at radius 1 is 1.31 bits per heavy atom. The maximum absolute atomic E-state index is 5.47. The van der Waals surface area contributed by atoms with Gasteiger partial charge < -0.3 is 5.73 Å². The van der Waals surface area contributed by atoms with Gasteiger partial charge in [0.25, 0.3) is 0 Å². The summed E-state index contributed by atoms with van der Waals surface area (Å²) >= 11 is 3.96. The first-order chi connectivity index (χ1) is 7.79. The lowest BCUT2D eigenvalue weighted by Gasteiger charge is -1.95. The van der Waals surface area contributed by atoms with Crippen LogP contribution in [0.1, 0.15) is 11.4 Å². The summed E-state index contributed by atoms with van der Waals surface area (Å²) in [6.45, 7) is 0.706. The molecule has 0 saturated heterocycles. The number of rotatable bonds is 4. The van der Waals surface area contributed by atoms with E-state index in [-0.39, 0.29) is 0 Å². The molecule has 2 N–H and O–H groups in total. The summed E-state index contributed by atoms with van der Waals surface area (Å²) in [4.78, 5) is 0. The number of aryl methyl sites for hydroxylation is 1. The highest BCUT2D eigenvalue weighted by Crippen LogP contribution is 2.25. The molecule has 0 saturated carbocycles. The second-order valence-electron chi connectivity index (χ2n) is 3.40. The van der Waals surface area contributed by atoms with E-state index in [9.17, 15) is 0 Å². The molecule has 84 valence electrons. The van der Waals surface area contributed by atoms with Crippen LogP contribution in [0.15, 0.2) is 24.3 Å². The summed E-state index contributed by atoms with van der Waals surface area (Å²) < 4.78 is 1.22. The largest absolute Gasteiger partial charge is 0.330 e. The average molecular weight is 345 g/mol. The van der Waals surface area contributed by atoms with Crippen molar-refractivity contribution in [1.29, 1.82) is 0 Å². The van der Waals surface area contributed by atoms with E-state index in [4.69, 9.17) is 5.73 Å².